The summed E-state index contributed by atoms with van der Waals surface area (Å²) in [4.78, 5) is 106. The summed E-state index contributed by atoms with van der Waals surface area (Å²) in [5.74, 6) is -6.79. The maximum absolute atomic E-state index is 11.1. The highest BCUT2D eigenvalue weighted by Gasteiger charge is 2.24. The molecule has 0 spiro atoms. The molecule has 0 fully saturated rings. The molecule has 0 N–H and O–H groups in total. The number of Topliss-reactive ketones (excluding diaryl/α,β-unsaturated/α-hetero) is 1. The van der Waals surface area contributed by atoms with Crippen LogP contribution in [-0.4, -0.2) is 114 Å². The van der Waals surface area contributed by atoms with Crippen molar-refractivity contribution in [2.45, 2.75) is 80.4 Å². The Morgan fingerprint density at radius 2 is 0.857 bits per heavy atom. The van der Waals surface area contributed by atoms with Gasteiger partial charge in [0.2, 0.25) is 0 Å². The fraction of sp³-hybridized carbons (Fsp3) is 0.568. The average molecular weight is 805 g/mol. The van der Waals surface area contributed by atoms with Crippen LogP contribution in [0.1, 0.15) is 73.3 Å². The van der Waals surface area contributed by atoms with Gasteiger partial charge in [0.25, 0.3) is 0 Å². The number of benzene rings is 1. The van der Waals surface area contributed by atoms with E-state index in [0.717, 1.165) is 5.56 Å². The molecule has 1 aromatic rings. The second-order valence-corrected chi connectivity index (χ2v) is 10.6. The Morgan fingerprint density at radius 3 is 1.18 bits per heavy atom. The van der Waals surface area contributed by atoms with E-state index < -0.39 is 65.6 Å². The van der Waals surface area contributed by atoms with Gasteiger partial charge >= 0.3 is 53.7 Å². The van der Waals surface area contributed by atoms with Crippen LogP contribution in [0.15, 0.2) is 30.3 Å². The monoisotopic (exact) mass is 804 g/mol. The van der Waals surface area contributed by atoms with Crippen LogP contribution in [0.25, 0.3) is 0 Å². The molecule has 19 nitrogen and oxygen atoms in total. The van der Waals surface area contributed by atoms with Crippen LogP contribution in [-0.2, 0) is 97.2 Å². The highest BCUT2D eigenvalue weighted by molar-refractivity contribution is 5.95. The molecule has 0 aliphatic heterocycles. The van der Waals surface area contributed by atoms with E-state index in [1.165, 1.54) is 56.3 Å². The zero-order valence-corrected chi connectivity index (χ0v) is 34.1. The summed E-state index contributed by atoms with van der Waals surface area (Å²) in [5.41, 5.74) is 0.885. The first-order valence-electron chi connectivity index (χ1n) is 16.8. The normalized spacial score (nSPS) is 9.27. The maximum Gasteiger partial charge on any atom is 0.320 e. The maximum atomic E-state index is 11.1. The third-order valence-corrected chi connectivity index (χ3v) is 5.65. The molecular formula is C37H56O19. The number of rotatable bonds is 15. The highest BCUT2D eigenvalue weighted by atomic mass is 16.6. The Kier molecular flexibility index (Phi) is 36.7. The molecule has 1 rings (SSSR count). The van der Waals surface area contributed by atoms with Gasteiger partial charge in [-0.3, -0.25) is 47.9 Å². The van der Waals surface area contributed by atoms with Gasteiger partial charge in [-0.2, -0.15) is 0 Å². The number of ketones is 1. The van der Waals surface area contributed by atoms with Gasteiger partial charge in [-0.15, -0.1) is 0 Å². The van der Waals surface area contributed by atoms with Crippen molar-refractivity contribution in [1.29, 1.82) is 0 Å². The van der Waals surface area contributed by atoms with E-state index in [1.54, 1.807) is 27.7 Å². The van der Waals surface area contributed by atoms with E-state index in [-0.39, 0.29) is 51.0 Å². The summed E-state index contributed by atoms with van der Waals surface area (Å²) in [5, 5.41) is 0. The van der Waals surface area contributed by atoms with E-state index >= 15 is 0 Å². The third-order valence-electron chi connectivity index (χ3n) is 5.65. The Balaban J connectivity index is -0.000000307. The molecule has 318 valence electrons. The lowest BCUT2D eigenvalue weighted by molar-refractivity contribution is -0.161. The fourth-order valence-corrected chi connectivity index (χ4v) is 2.83. The van der Waals surface area contributed by atoms with E-state index in [4.69, 9.17) is 4.74 Å². The minimum absolute atomic E-state index is 0.115. The van der Waals surface area contributed by atoms with E-state index in [2.05, 4.69) is 37.9 Å². The molecule has 0 saturated carbocycles. The Bertz CT molecular complexity index is 1320. The third kappa shape index (κ3) is 35.2. The number of hydrogen-bond acceptors (Lipinski definition) is 19. The summed E-state index contributed by atoms with van der Waals surface area (Å²) in [6, 6.07) is 9.25. The first-order valence-corrected chi connectivity index (χ1v) is 16.8. The molecule has 0 aliphatic rings. The minimum Gasteiger partial charge on any atom is -0.469 e. The second-order valence-electron chi connectivity index (χ2n) is 10.6. The van der Waals surface area contributed by atoms with Crippen LogP contribution in [0.5, 0.6) is 0 Å². The second kappa shape index (κ2) is 36.1. The van der Waals surface area contributed by atoms with Crippen molar-refractivity contribution in [3.05, 3.63) is 35.9 Å². The molecule has 1 aromatic carbocycles. The molecule has 0 bridgehead atoms. The van der Waals surface area contributed by atoms with Crippen molar-refractivity contribution < 1.29 is 90.6 Å². The molecule has 0 unspecified atom stereocenters. The lowest BCUT2D eigenvalue weighted by Crippen LogP contribution is -2.25. The number of carbonyl (C=O) groups is 10. The van der Waals surface area contributed by atoms with Crippen LogP contribution in [0.3, 0.4) is 0 Å². The molecule has 0 saturated heterocycles. The van der Waals surface area contributed by atoms with Gasteiger partial charge in [0.05, 0.1) is 54.9 Å². The molecule has 0 atom stereocenters. The van der Waals surface area contributed by atoms with Crippen molar-refractivity contribution in [2.75, 3.05) is 48.8 Å². The SMILES string of the molecule is CCOC(=O)C(C)C(=O)OCC.COC(=O)C(C)C(=O)OC.COC(=O)CC(=O)OC(C)C.COC(=O)CC(=O)OCc1ccccc1.COC(=O)CC(C)=O. The van der Waals surface area contributed by atoms with Crippen molar-refractivity contribution in [2.24, 2.45) is 11.8 Å². The Morgan fingerprint density at radius 1 is 0.482 bits per heavy atom. The van der Waals surface area contributed by atoms with Crippen LogP contribution in [0, 0.1) is 11.8 Å². The number of carbonyl (C=O) groups excluding carboxylic acids is 10. The lowest BCUT2D eigenvalue weighted by atomic mass is 10.2. The average Bonchev–Trinajstić information content (AvgIpc) is 3.16. The van der Waals surface area contributed by atoms with Gasteiger partial charge in [0.1, 0.15) is 31.7 Å². The topological polar surface area (TPSA) is 254 Å². The van der Waals surface area contributed by atoms with Crippen LogP contribution < -0.4 is 0 Å². The quantitative estimate of drug-likeness (QED) is 0.140. The van der Waals surface area contributed by atoms with E-state index in [9.17, 15) is 47.9 Å². The van der Waals surface area contributed by atoms with Gasteiger partial charge in [0.15, 0.2) is 11.8 Å². The Labute approximate surface area is 326 Å². The standard InChI is InChI=1S/C11H12O4.C8H14O4.C7H12O4.C6H10O4.C5H8O3/c1-14-10(12)7-11(13)15-8-9-5-3-2-4-6-9;1-4-11-7(9)6(3)8(10)12-5-2;1-5(2)11-7(9)4-6(8)10-3;1-4(5(7)9-2)6(8)10-3;1-4(6)3-5(7)8-2/h2-6H,7-8H2,1H3;6H,4-5H2,1-3H3;5H,4H2,1-3H3;4H,1-3H3;3H2,1-2H3. The molecule has 19 heteroatoms. The summed E-state index contributed by atoms with van der Waals surface area (Å²) in [6.07, 6.45) is -0.957. The predicted molar refractivity (Wildman–Crippen MR) is 194 cm³/mol. The summed E-state index contributed by atoms with van der Waals surface area (Å²) < 4.78 is 40.2. The molecule has 0 aromatic heterocycles. The molecular weight excluding hydrogens is 748 g/mol. The first kappa shape index (κ1) is 56.9. The van der Waals surface area contributed by atoms with Gasteiger partial charge in [0, 0.05) is 0 Å². The predicted octanol–water partition coefficient (Wildman–Crippen LogP) is 2.65. The van der Waals surface area contributed by atoms with Crippen LogP contribution >= 0.6 is 0 Å². The van der Waals surface area contributed by atoms with Gasteiger partial charge in [-0.05, 0) is 54.0 Å². The van der Waals surface area contributed by atoms with Crippen molar-refractivity contribution in [3.8, 4) is 0 Å². The molecule has 56 heavy (non-hydrogen) atoms. The van der Waals surface area contributed by atoms with E-state index in [1.807, 2.05) is 30.3 Å². The number of hydrogen-bond donors (Lipinski definition) is 0. The molecule has 0 aliphatic carbocycles. The summed E-state index contributed by atoms with van der Waals surface area (Å²) in [7, 11) is 6.16. The first-order chi connectivity index (χ1) is 26.2. The van der Waals surface area contributed by atoms with Crippen molar-refractivity contribution in [1.82, 2.24) is 0 Å². The number of esters is 9. The number of methoxy groups -OCH3 is 5. The number of ether oxygens (including phenoxy) is 9. The lowest BCUT2D eigenvalue weighted by Gasteiger charge is -2.08. The van der Waals surface area contributed by atoms with Crippen LogP contribution in [0.2, 0.25) is 0 Å². The van der Waals surface area contributed by atoms with Crippen molar-refractivity contribution >= 4 is 59.5 Å². The summed E-state index contributed by atoms with van der Waals surface area (Å²) in [6.45, 7) is 11.8. The van der Waals surface area contributed by atoms with Crippen molar-refractivity contribution in [3.63, 3.8) is 0 Å². The minimum atomic E-state index is -0.824. The molecule has 0 radical (unpaired) electrons. The Hall–Kier alpha value is -5.88. The highest BCUT2D eigenvalue weighted by Crippen LogP contribution is 2.03. The largest absolute Gasteiger partial charge is 0.469 e. The smallest absolute Gasteiger partial charge is 0.320 e. The molecule has 0 amide bonds. The van der Waals surface area contributed by atoms with Gasteiger partial charge in [-0.25, -0.2) is 0 Å². The van der Waals surface area contributed by atoms with Gasteiger partial charge < -0.3 is 42.6 Å². The zero-order chi connectivity index (χ0) is 44.2. The zero-order valence-electron chi connectivity index (χ0n) is 34.1. The van der Waals surface area contributed by atoms with Gasteiger partial charge in [-0.1, -0.05) is 30.3 Å². The molecule has 0 heterocycles. The fourth-order valence-electron chi connectivity index (χ4n) is 2.83. The summed E-state index contributed by atoms with van der Waals surface area (Å²) >= 11 is 0. The van der Waals surface area contributed by atoms with Crippen LogP contribution in [0.4, 0.5) is 0 Å². The van der Waals surface area contributed by atoms with E-state index in [0.29, 0.717) is 0 Å².